The number of nitrogens with zero attached hydrogens (tertiary/aromatic N) is 5. The molecule has 1 heterocycles. The molecule has 1 rings (SSSR count). The Morgan fingerprint density at radius 2 is 2.21 bits per heavy atom. The molecule has 0 aliphatic carbocycles. The molecule has 0 spiro atoms. The minimum atomic E-state index is -0.107. The van der Waals surface area contributed by atoms with E-state index in [-0.39, 0.29) is 6.04 Å². The molecule has 6 heteroatoms. The predicted molar refractivity (Wildman–Crippen MR) is 53.6 cm³/mol. The van der Waals surface area contributed by atoms with E-state index in [0.717, 1.165) is 25.3 Å². The first kappa shape index (κ1) is 11.1. The van der Waals surface area contributed by atoms with Gasteiger partial charge in [-0.1, -0.05) is 0 Å². The molecule has 1 unspecified atom stereocenters. The number of aryl methyl sites for hydroxylation is 1. The fourth-order valence-electron chi connectivity index (χ4n) is 1.23. The molecule has 0 aromatic carbocycles. The Labute approximate surface area is 84.1 Å². The Balaban J connectivity index is 2.46. The molecule has 0 aliphatic rings. The summed E-state index contributed by atoms with van der Waals surface area (Å²) >= 11 is 0. The topological polar surface area (TPSA) is 72.9 Å². The Kier molecular flexibility index (Phi) is 3.97. The number of hydrogen-bond donors (Lipinski definition) is 1. The summed E-state index contributed by atoms with van der Waals surface area (Å²) in [7, 11) is 4.10. The van der Waals surface area contributed by atoms with Gasteiger partial charge >= 0.3 is 0 Å². The number of nitrogens with two attached hydrogens (primary N) is 1. The zero-order valence-corrected chi connectivity index (χ0v) is 9.01. The van der Waals surface area contributed by atoms with Gasteiger partial charge in [-0.15, -0.1) is 5.10 Å². The van der Waals surface area contributed by atoms with Crippen molar-refractivity contribution in [3.8, 4) is 0 Å². The quantitative estimate of drug-likeness (QED) is 0.699. The molecule has 0 fully saturated rings. The Bertz CT molecular complexity index is 267. The molecule has 1 atom stereocenters. The predicted octanol–water partition coefficient (Wildman–Crippen LogP) is -0.355. The summed E-state index contributed by atoms with van der Waals surface area (Å²) in [5, 5.41) is 11.4. The van der Waals surface area contributed by atoms with E-state index in [9.17, 15) is 0 Å². The van der Waals surface area contributed by atoms with Crippen molar-refractivity contribution in [3.63, 3.8) is 0 Å². The summed E-state index contributed by atoms with van der Waals surface area (Å²) in [4.78, 5) is 2.13. The highest BCUT2D eigenvalue weighted by molar-refractivity contribution is 4.87. The van der Waals surface area contributed by atoms with Crippen molar-refractivity contribution >= 4 is 0 Å². The molecule has 1 aromatic rings. The van der Waals surface area contributed by atoms with Gasteiger partial charge in [-0.3, -0.25) is 0 Å². The van der Waals surface area contributed by atoms with Gasteiger partial charge in [0, 0.05) is 6.54 Å². The highest BCUT2D eigenvalue weighted by Gasteiger charge is 2.09. The van der Waals surface area contributed by atoms with E-state index in [2.05, 4.69) is 20.4 Å². The van der Waals surface area contributed by atoms with E-state index in [1.54, 1.807) is 4.68 Å². The first-order valence-electron chi connectivity index (χ1n) is 4.77. The monoisotopic (exact) mass is 198 g/mol. The molecule has 0 saturated carbocycles. The number of rotatable bonds is 5. The average molecular weight is 198 g/mol. The van der Waals surface area contributed by atoms with Crippen LogP contribution in [0.3, 0.4) is 0 Å². The molecule has 80 valence electrons. The van der Waals surface area contributed by atoms with Crippen molar-refractivity contribution in [2.45, 2.75) is 25.9 Å². The first-order valence-corrected chi connectivity index (χ1v) is 4.77. The second-order valence-corrected chi connectivity index (χ2v) is 3.71. The van der Waals surface area contributed by atoms with Crippen LogP contribution >= 0.6 is 0 Å². The van der Waals surface area contributed by atoms with Crippen molar-refractivity contribution in [2.75, 3.05) is 20.6 Å². The molecule has 6 nitrogen and oxygen atoms in total. The SMILES string of the molecule is CC(N)c1nnnn1CCCN(C)C. The number of tetrazole rings is 1. The summed E-state index contributed by atoms with van der Waals surface area (Å²) in [6.45, 7) is 3.73. The molecule has 1 aromatic heterocycles. The van der Waals surface area contributed by atoms with E-state index in [1.807, 2.05) is 21.0 Å². The Hall–Kier alpha value is -1.01. The molecule has 14 heavy (non-hydrogen) atoms. The van der Waals surface area contributed by atoms with Crippen LogP contribution in [0.15, 0.2) is 0 Å². The molecular weight excluding hydrogens is 180 g/mol. The lowest BCUT2D eigenvalue weighted by molar-refractivity contribution is 0.375. The number of aromatic nitrogens is 4. The lowest BCUT2D eigenvalue weighted by atomic mass is 10.3. The van der Waals surface area contributed by atoms with E-state index in [1.165, 1.54) is 0 Å². The fourth-order valence-corrected chi connectivity index (χ4v) is 1.23. The van der Waals surface area contributed by atoms with Crippen LogP contribution in [0.4, 0.5) is 0 Å². The summed E-state index contributed by atoms with van der Waals surface area (Å²) < 4.78 is 1.77. The van der Waals surface area contributed by atoms with E-state index >= 15 is 0 Å². The lowest BCUT2D eigenvalue weighted by Gasteiger charge is -2.10. The van der Waals surface area contributed by atoms with Crippen LogP contribution in [-0.2, 0) is 6.54 Å². The van der Waals surface area contributed by atoms with Crippen LogP contribution in [0, 0.1) is 0 Å². The maximum absolute atomic E-state index is 5.72. The second kappa shape index (κ2) is 5.02. The maximum Gasteiger partial charge on any atom is 0.167 e. The van der Waals surface area contributed by atoms with Gasteiger partial charge in [0.25, 0.3) is 0 Å². The summed E-state index contributed by atoms with van der Waals surface area (Å²) in [5.41, 5.74) is 5.72. The van der Waals surface area contributed by atoms with Crippen molar-refractivity contribution in [3.05, 3.63) is 5.82 Å². The zero-order chi connectivity index (χ0) is 10.6. The van der Waals surface area contributed by atoms with E-state index in [4.69, 9.17) is 5.73 Å². The highest BCUT2D eigenvalue weighted by Crippen LogP contribution is 2.03. The summed E-state index contributed by atoms with van der Waals surface area (Å²) in [6.07, 6.45) is 1.03. The standard InChI is InChI=1S/C8H18N6/c1-7(9)8-10-11-12-14(8)6-4-5-13(2)3/h7H,4-6,9H2,1-3H3. The minimum absolute atomic E-state index is 0.107. The third-order valence-corrected chi connectivity index (χ3v) is 1.94. The first-order chi connectivity index (χ1) is 6.61. The highest BCUT2D eigenvalue weighted by atomic mass is 15.5. The van der Waals surface area contributed by atoms with Crippen molar-refractivity contribution in [1.29, 1.82) is 0 Å². The van der Waals surface area contributed by atoms with E-state index < -0.39 is 0 Å². The van der Waals surface area contributed by atoms with Crippen LogP contribution in [0.5, 0.6) is 0 Å². The molecular formula is C8H18N6. The van der Waals surface area contributed by atoms with Crippen LogP contribution in [-0.4, -0.2) is 45.7 Å². The third-order valence-electron chi connectivity index (χ3n) is 1.94. The normalized spacial score (nSPS) is 13.5. The Morgan fingerprint density at radius 3 is 2.79 bits per heavy atom. The fraction of sp³-hybridized carbons (Fsp3) is 0.875. The van der Waals surface area contributed by atoms with Crippen LogP contribution in [0.2, 0.25) is 0 Å². The smallest absolute Gasteiger partial charge is 0.167 e. The largest absolute Gasteiger partial charge is 0.322 e. The van der Waals surface area contributed by atoms with Crippen LogP contribution in [0.1, 0.15) is 25.2 Å². The molecule has 0 aliphatic heterocycles. The van der Waals surface area contributed by atoms with Crippen molar-refractivity contribution < 1.29 is 0 Å². The lowest BCUT2D eigenvalue weighted by Crippen LogP contribution is -2.18. The van der Waals surface area contributed by atoms with Gasteiger partial charge in [0.2, 0.25) is 0 Å². The zero-order valence-electron chi connectivity index (χ0n) is 9.01. The van der Waals surface area contributed by atoms with Crippen LogP contribution < -0.4 is 5.73 Å². The molecule has 0 radical (unpaired) electrons. The van der Waals surface area contributed by atoms with E-state index in [0.29, 0.717) is 0 Å². The maximum atomic E-state index is 5.72. The van der Waals surface area contributed by atoms with Gasteiger partial charge in [-0.05, 0) is 44.4 Å². The molecule has 0 bridgehead atoms. The second-order valence-electron chi connectivity index (χ2n) is 3.71. The van der Waals surface area contributed by atoms with Crippen molar-refractivity contribution in [1.82, 2.24) is 25.1 Å². The third kappa shape index (κ3) is 3.04. The number of hydrogen-bond acceptors (Lipinski definition) is 5. The van der Waals surface area contributed by atoms with Gasteiger partial charge in [-0.2, -0.15) is 0 Å². The minimum Gasteiger partial charge on any atom is -0.322 e. The molecule has 2 N–H and O–H groups in total. The van der Waals surface area contributed by atoms with Crippen molar-refractivity contribution in [2.24, 2.45) is 5.73 Å². The van der Waals surface area contributed by atoms with Gasteiger partial charge in [-0.25, -0.2) is 4.68 Å². The van der Waals surface area contributed by atoms with Gasteiger partial charge in [0.1, 0.15) is 0 Å². The van der Waals surface area contributed by atoms with Gasteiger partial charge in [0.15, 0.2) is 5.82 Å². The van der Waals surface area contributed by atoms with Gasteiger partial charge < -0.3 is 10.6 Å². The Morgan fingerprint density at radius 1 is 1.50 bits per heavy atom. The molecule has 0 saturated heterocycles. The van der Waals surface area contributed by atoms with Gasteiger partial charge in [0.05, 0.1) is 6.04 Å². The summed E-state index contributed by atoms with van der Waals surface area (Å²) in [5.74, 6) is 0.753. The van der Waals surface area contributed by atoms with Crippen LogP contribution in [0.25, 0.3) is 0 Å². The summed E-state index contributed by atoms with van der Waals surface area (Å²) in [6, 6.07) is -0.107. The molecule has 0 amide bonds. The average Bonchev–Trinajstić information content (AvgIpc) is 2.51.